The van der Waals surface area contributed by atoms with Crippen molar-refractivity contribution in [2.45, 2.75) is 25.5 Å². The van der Waals surface area contributed by atoms with E-state index in [4.69, 9.17) is 30.5 Å². The van der Waals surface area contributed by atoms with Gasteiger partial charge in [0.15, 0.2) is 6.29 Å². The highest BCUT2D eigenvalue weighted by molar-refractivity contribution is 7.15. The van der Waals surface area contributed by atoms with Crippen LogP contribution >= 0.6 is 22.9 Å². The lowest BCUT2D eigenvalue weighted by molar-refractivity contribution is -0.120. The molecule has 5 rings (SSSR count). The predicted molar refractivity (Wildman–Crippen MR) is 216 cm³/mol. The van der Waals surface area contributed by atoms with E-state index < -0.39 is 18.2 Å². The number of nitrogens with zero attached hydrogens (tertiary/aromatic N) is 3. The normalized spacial score (nSPS) is 13.7. The summed E-state index contributed by atoms with van der Waals surface area (Å²) in [6, 6.07) is 18.3. The number of carbonyl (C=O) groups is 6. The first-order chi connectivity index (χ1) is 27.6. The summed E-state index contributed by atoms with van der Waals surface area (Å²) in [5.74, 6) is -0.374. The van der Waals surface area contributed by atoms with Crippen molar-refractivity contribution in [2.75, 3.05) is 76.3 Å². The summed E-state index contributed by atoms with van der Waals surface area (Å²) in [7, 11) is 3.02. The summed E-state index contributed by atoms with van der Waals surface area (Å²) in [6.07, 6.45) is -0.174. The zero-order chi connectivity index (χ0) is 40.9. The van der Waals surface area contributed by atoms with E-state index in [1.165, 1.54) is 24.0 Å². The molecule has 1 aliphatic heterocycles. The number of nitrogens with one attached hydrogen (secondary N) is 2. The summed E-state index contributed by atoms with van der Waals surface area (Å²) < 4.78 is 22.2. The minimum atomic E-state index is -0.711. The van der Waals surface area contributed by atoms with Gasteiger partial charge in [-0.3, -0.25) is 19.2 Å². The van der Waals surface area contributed by atoms with Crippen LogP contribution in [-0.2, 0) is 30.4 Å². The van der Waals surface area contributed by atoms with Crippen LogP contribution < -0.4 is 20.3 Å². The number of fused-ring (bicyclic) bond motifs is 3. The van der Waals surface area contributed by atoms with Crippen molar-refractivity contribution in [1.82, 2.24) is 15.1 Å². The smallest absolute Gasteiger partial charge is 0.415 e. The SMILES string of the molecule is COCCN(CCN(CCOC)C(=O)Oc1cc2c(c3ccccc13)C(CCl)CN2C(=O)c1ccc(C=O)s1)C(=O)OCc1ccc(NC(=O)C(C)NC=O)cc1. The number of thiophene rings is 1. The largest absolute Gasteiger partial charge is 0.445 e. The molecular weight excluding hydrogens is 778 g/mol. The predicted octanol–water partition coefficient (Wildman–Crippen LogP) is 5.50. The molecule has 3 aromatic carbocycles. The number of rotatable bonds is 19. The summed E-state index contributed by atoms with van der Waals surface area (Å²) in [5.41, 5.74) is 2.60. The van der Waals surface area contributed by atoms with E-state index in [0.717, 1.165) is 22.3 Å². The number of benzene rings is 3. The first kappa shape index (κ1) is 42.6. The molecule has 2 N–H and O–H groups in total. The number of amides is 5. The van der Waals surface area contributed by atoms with Gasteiger partial charge in [-0.05, 0) is 47.7 Å². The summed E-state index contributed by atoms with van der Waals surface area (Å²) in [6.45, 7) is 2.67. The molecule has 5 amide bonds. The zero-order valence-corrected chi connectivity index (χ0v) is 33.3. The number of alkyl halides is 1. The van der Waals surface area contributed by atoms with E-state index in [9.17, 15) is 28.8 Å². The van der Waals surface area contributed by atoms with Gasteiger partial charge in [0, 0.05) is 75.9 Å². The maximum absolute atomic E-state index is 13.9. The Morgan fingerprint density at radius 1 is 0.912 bits per heavy atom. The summed E-state index contributed by atoms with van der Waals surface area (Å²) >= 11 is 7.54. The third-order valence-corrected chi connectivity index (χ3v) is 10.7. The van der Waals surface area contributed by atoms with Gasteiger partial charge in [0.25, 0.3) is 5.91 Å². The fourth-order valence-corrected chi connectivity index (χ4v) is 7.24. The van der Waals surface area contributed by atoms with Crippen LogP contribution in [0.25, 0.3) is 10.8 Å². The lowest BCUT2D eigenvalue weighted by atomic mass is 9.95. The van der Waals surface area contributed by atoms with Gasteiger partial charge >= 0.3 is 12.2 Å². The van der Waals surface area contributed by atoms with Crippen LogP contribution in [-0.4, -0.2) is 119 Å². The van der Waals surface area contributed by atoms with Crippen LogP contribution in [0.5, 0.6) is 5.75 Å². The average molecular weight is 822 g/mol. The highest BCUT2D eigenvalue weighted by Crippen LogP contribution is 2.46. The molecule has 57 heavy (non-hydrogen) atoms. The molecule has 4 aromatic rings. The second kappa shape index (κ2) is 20.6. The Balaban J connectivity index is 1.30. The maximum Gasteiger partial charge on any atom is 0.415 e. The van der Waals surface area contributed by atoms with Gasteiger partial charge in [-0.25, -0.2) is 9.59 Å². The summed E-state index contributed by atoms with van der Waals surface area (Å²) in [4.78, 5) is 80.4. The minimum absolute atomic E-state index is 0.0602. The van der Waals surface area contributed by atoms with Gasteiger partial charge < -0.3 is 44.3 Å². The molecule has 17 heteroatoms. The Bertz CT molecular complexity index is 2060. The fourth-order valence-electron chi connectivity index (χ4n) is 6.22. The molecule has 0 spiro atoms. The number of hydrogen-bond donors (Lipinski definition) is 2. The van der Waals surface area contributed by atoms with Crippen molar-refractivity contribution >= 4 is 81.8 Å². The number of hydrogen-bond acceptors (Lipinski definition) is 11. The Hall–Kier alpha value is -5.55. The Morgan fingerprint density at radius 3 is 2.19 bits per heavy atom. The van der Waals surface area contributed by atoms with Crippen molar-refractivity contribution in [2.24, 2.45) is 0 Å². The van der Waals surface area contributed by atoms with Gasteiger partial charge in [0.1, 0.15) is 18.4 Å². The topological polar surface area (TPSA) is 173 Å². The van der Waals surface area contributed by atoms with E-state index in [-0.39, 0.29) is 75.4 Å². The highest BCUT2D eigenvalue weighted by Gasteiger charge is 2.36. The lowest BCUT2D eigenvalue weighted by Crippen LogP contribution is -2.44. The molecule has 0 saturated carbocycles. The number of aldehydes is 1. The zero-order valence-electron chi connectivity index (χ0n) is 31.7. The molecule has 0 bridgehead atoms. The van der Waals surface area contributed by atoms with Crippen LogP contribution in [0.2, 0.25) is 0 Å². The van der Waals surface area contributed by atoms with Gasteiger partial charge in [-0.2, -0.15) is 0 Å². The van der Waals surface area contributed by atoms with Crippen molar-refractivity contribution in [1.29, 1.82) is 0 Å². The van der Waals surface area contributed by atoms with Crippen LogP contribution in [0, 0.1) is 0 Å². The quantitative estimate of drug-likeness (QED) is 0.0909. The first-order valence-corrected chi connectivity index (χ1v) is 19.4. The highest BCUT2D eigenvalue weighted by atomic mass is 35.5. The molecule has 0 fully saturated rings. The first-order valence-electron chi connectivity index (χ1n) is 18.1. The minimum Gasteiger partial charge on any atom is -0.445 e. The number of anilines is 2. The molecule has 0 saturated heterocycles. The number of carbonyl (C=O) groups excluding carboxylic acids is 6. The molecule has 2 unspecified atom stereocenters. The van der Waals surface area contributed by atoms with Gasteiger partial charge in [-0.1, -0.05) is 36.4 Å². The van der Waals surface area contributed by atoms with E-state index in [0.29, 0.717) is 51.3 Å². The van der Waals surface area contributed by atoms with Crippen molar-refractivity contribution in [3.8, 4) is 5.75 Å². The van der Waals surface area contributed by atoms with Gasteiger partial charge in [0.05, 0.1) is 28.7 Å². The maximum atomic E-state index is 13.9. The van der Waals surface area contributed by atoms with Crippen LogP contribution in [0.3, 0.4) is 0 Å². The fraction of sp³-hybridized carbons (Fsp3) is 0.350. The van der Waals surface area contributed by atoms with Gasteiger partial charge in [-0.15, -0.1) is 22.9 Å². The molecular formula is C40H44ClN5O10S. The molecule has 2 atom stereocenters. The van der Waals surface area contributed by atoms with E-state index >= 15 is 0 Å². The van der Waals surface area contributed by atoms with Gasteiger partial charge in [0.2, 0.25) is 12.3 Å². The molecule has 0 radical (unpaired) electrons. The van der Waals surface area contributed by atoms with E-state index in [2.05, 4.69) is 10.6 Å². The van der Waals surface area contributed by atoms with Crippen molar-refractivity contribution in [3.63, 3.8) is 0 Å². The third-order valence-electron chi connectivity index (χ3n) is 9.29. The monoisotopic (exact) mass is 821 g/mol. The van der Waals surface area contributed by atoms with Crippen LogP contribution in [0.4, 0.5) is 21.0 Å². The van der Waals surface area contributed by atoms with Crippen LogP contribution in [0.15, 0.2) is 66.7 Å². The van der Waals surface area contributed by atoms with Crippen molar-refractivity contribution in [3.05, 3.63) is 87.6 Å². The van der Waals surface area contributed by atoms with Crippen molar-refractivity contribution < 1.29 is 47.7 Å². The molecule has 2 heterocycles. The van der Waals surface area contributed by atoms with Crippen LogP contribution in [0.1, 0.15) is 43.3 Å². The van der Waals surface area contributed by atoms with E-state index in [1.54, 1.807) is 54.3 Å². The third kappa shape index (κ3) is 10.7. The Labute approximate surface area is 338 Å². The molecule has 302 valence electrons. The number of ether oxygens (including phenoxy) is 4. The standard InChI is InChI=1S/C40H44ClN5O10S/c1-26(42-25-48)37(49)43-29-10-8-27(9-11-29)24-55-39(51)44(16-18-53-2)14-15-45(17-19-54-3)40(52)56-34-20-33-36(32-7-5-4-6-31(32)34)28(21-41)22-46(33)38(50)35-13-12-30(23-47)57-35/h4-13,20,23,25-26,28H,14-19,21-22,24H2,1-3H3,(H,42,48)(H,43,49). The molecule has 1 aliphatic rings. The second-order valence-electron chi connectivity index (χ2n) is 13.0. The second-order valence-corrected chi connectivity index (χ2v) is 14.4. The Kier molecular flexibility index (Phi) is 15.4. The van der Waals surface area contributed by atoms with E-state index in [1.807, 2.05) is 24.3 Å². The summed E-state index contributed by atoms with van der Waals surface area (Å²) in [5, 5.41) is 6.53. The lowest BCUT2D eigenvalue weighted by Gasteiger charge is -2.27. The Morgan fingerprint density at radius 2 is 1.58 bits per heavy atom. The molecule has 1 aromatic heterocycles. The molecule has 0 aliphatic carbocycles. The molecule has 15 nitrogen and oxygen atoms in total. The number of halogens is 1. The number of methoxy groups -OCH3 is 2. The average Bonchev–Trinajstić information content (AvgIpc) is 3.87.